The summed E-state index contributed by atoms with van der Waals surface area (Å²) in [7, 11) is 0. The third-order valence-electron chi connectivity index (χ3n) is 2.87. The van der Waals surface area contributed by atoms with E-state index in [2.05, 4.69) is 0 Å². The van der Waals surface area contributed by atoms with Crippen molar-refractivity contribution >= 4 is 27.4 Å². The maximum absolute atomic E-state index is 11.3. The standard InChI is InChI=1S/C14H16O4S/c1-2-18-12(16)8-11(15)13(17)10-5-3-4-9-6-7-19-14(9)10/h3-7,11,13,15,17H,2,8H2,1H3. The summed E-state index contributed by atoms with van der Waals surface area (Å²) < 4.78 is 5.69. The van der Waals surface area contributed by atoms with E-state index in [0.717, 1.165) is 10.1 Å². The largest absolute Gasteiger partial charge is 0.466 e. The zero-order valence-electron chi connectivity index (χ0n) is 10.6. The highest BCUT2D eigenvalue weighted by Gasteiger charge is 2.23. The van der Waals surface area contributed by atoms with Gasteiger partial charge in [-0.15, -0.1) is 11.3 Å². The summed E-state index contributed by atoms with van der Waals surface area (Å²) in [4.78, 5) is 11.3. The summed E-state index contributed by atoms with van der Waals surface area (Å²) in [6.07, 6.45) is -2.46. The van der Waals surface area contributed by atoms with Crippen molar-refractivity contribution in [3.8, 4) is 0 Å². The van der Waals surface area contributed by atoms with Crippen LogP contribution in [0.25, 0.3) is 10.1 Å². The van der Waals surface area contributed by atoms with Crippen LogP contribution in [-0.2, 0) is 9.53 Å². The van der Waals surface area contributed by atoms with E-state index in [1.54, 1.807) is 13.0 Å². The molecule has 2 N–H and O–H groups in total. The molecule has 102 valence electrons. The first kappa shape index (κ1) is 14.0. The number of benzene rings is 1. The average molecular weight is 280 g/mol. The van der Waals surface area contributed by atoms with Gasteiger partial charge in [-0.25, -0.2) is 0 Å². The second kappa shape index (κ2) is 6.14. The molecule has 0 fully saturated rings. The molecule has 0 aliphatic carbocycles. The Morgan fingerprint density at radius 1 is 1.37 bits per heavy atom. The lowest BCUT2D eigenvalue weighted by atomic mass is 10.0. The lowest BCUT2D eigenvalue weighted by molar-refractivity contribution is -0.147. The van der Waals surface area contributed by atoms with Crippen molar-refractivity contribution in [2.75, 3.05) is 6.61 Å². The lowest BCUT2D eigenvalue weighted by Crippen LogP contribution is -2.23. The Morgan fingerprint density at radius 2 is 2.16 bits per heavy atom. The van der Waals surface area contributed by atoms with Crippen LogP contribution in [-0.4, -0.2) is 28.9 Å². The predicted molar refractivity (Wildman–Crippen MR) is 74.0 cm³/mol. The highest BCUT2D eigenvalue weighted by Crippen LogP contribution is 2.31. The molecule has 2 unspecified atom stereocenters. The number of fused-ring (bicyclic) bond motifs is 1. The van der Waals surface area contributed by atoms with Gasteiger partial charge in [0.05, 0.1) is 19.1 Å². The summed E-state index contributed by atoms with van der Waals surface area (Å²) in [6, 6.07) is 7.48. The molecular formula is C14H16O4S. The molecule has 1 aromatic carbocycles. The average Bonchev–Trinajstić information content (AvgIpc) is 2.86. The number of carbonyl (C=O) groups excluding carboxylic acids is 1. The van der Waals surface area contributed by atoms with Crippen LogP contribution in [0.2, 0.25) is 0 Å². The minimum absolute atomic E-state index is 0.212. The van der Waals surface area contributed by atoms with E-state index >= 15 is 0 Å². The Balaban J connectivity index is 2.16. The minimum atomic E-state index is -1.16. The van der Waals surface area contributed by atoms with E-state index in [4.69, 9.17) is 4.74 Å². The number of carbonyl (C=O) groups is 1. The molecule has 2 rings (SSSR count). The number of hydrogen-bond acceptors (Lipinski definition) is 5. The molecule has 0 amide bonds. The van der Waals surface area contributed by atoms with E-state index in [1.165, 1.54) is 11.3 Å². The van der Waals surface area contributed by atoms with Crippen molar-refractivity contribution in [3.63, 3.8) is 0 Å². The van der Waals surface area contributed by atoms with Crippen LogP contribution in [0.5, 0.6) is 0 Å². The Hall–Kier alpha value is -1.43. The molecule has 0 radical (unpaired) electrons. The summed E-state index contributed by atoms with van der Waals surface area (Å²) in [5.41, 5.74) is 0.643. The maximum Gasteiger partial charge on any atom is 0.308 e. The second-order valence-electron chi connectivity index (χ2n) is 4.21. The van der Waals surface area contributed by atoms with Crippen molar-refractivity contribution < 1.29 is 19.7 Å². The molecule has 2 aromatic rings. The van der Waals surface area contributed by atoms with Gasteiger partial charge in [0.1, 0.15) is 6.10 Å². The first-order valence-electron chi connectivity index (χ1n) is 6.11. The van der Waals surface area contributed by atoms with Crippen molar-refractivity contribution in [2.24, 2.45) is 0 Å². The van der Waals surface area contributed by atoms with Crippen molar-refractivity contribution in [3.05, 3.63) is 35.2 Å². The molecular weight excluding hydrogens is 264 g/mol. The normalized spacial score (nSPS) is 14.3. The van der Waals surface area contributed by atoms with Gasteiger partial charge in [-0.05, 0) is 23.8 Å². The lowest BCUT2D eigenvalue weighted by Gasteiger charge is -2.18. The topological polar surface area (TPSA) is 66.8 Å². The molecule has 1 heterocycles. The quantitative estimate of drug-likeness (QED) is 0.824. The maximum atomic E-state index is 11.3. The predicted octanol–water partition coefficient (Wildman–Crippen LogP) is 2.25. The molecule has 0 saturated carbocycles. The van der Waals surface area contributed by atoms with Crippen LogP contribution in [0.15, 0.2) is 29.6 Å². The van der Waals surface area contributed by atoms with Crippen LogP contribution in [0.4, 0.5) is 0 Å². The van der Waals surface area contributed by atoms with Gasteiger partial charge in [-0.1, -0.05) is 18.2 Å². The third kappa shape index (κ3) is 3.12. The number of ether oxygens (including phenoxy) is 1. The van der Waals surface area contributed by atoms with Crippen LogP contribution >= 0.6 is 11.3 Å². The summed E-state index contributed by atoms with van der Waals surface area (Å²) >= 11 is 1.50. The van der Waals surface area contributed by atoms with Crippen LogP contribution in [0.3, 0.4) is 0 Å². The summed E-state index contributed by atoms with van der Waals surface area (Å²) in [5, 5.41) is 23.0. The first-order valence-corrected chi connectivity index (χ1v) is 6.99. The monoisotopic (exact) mass is 280 g/mol. The van der Waals surface area contributed by atoms with Gasteiger partial charge in [-0.2, -0.15) is 0 Å². The Bertz CT molecular complexity index is 563. The van der Waals surface area contributed by atoms with Crippen LogP contribution < -0.4 is 0 Å². The molecule has 1 aromatic heterocycles. The molecule has 0 aliphatic heterocycles. The molecule has 4 nitrogen and oxygen atoms in total. The number of rotatable bonds is 5. The van der Waals surface area contributed by atoms with Crippen LogP contribution in [0.1, 0.15) is 25.0 Å². The fourth-order valence-electron chi connectivity index (χ4n) is 1.96. The number of hydrogen-bond donors (Lipinski definition) is 2. The van der Waals surface area contributed by atoms with Gasteiger partial charge in [0.2, 0.25) is 0 Å². The van der Waals surface area contributed by atoms with E-state index < -0.39 is 18.2 Å². The van der Waals surface area contributed by atoms with E-state index in [0.29, 0.717) is 5.56 Å². The zero-order chi connectivity index (χ0) is 13.8. The summed E-state index contributed by atoms with van der Waals surface area (Å²) in [5.74, 6) is -0.507. The minimum Gasteiger partial charge on any atom is -0.466 e. The third-order valence-corrected chi connectivity index (χ3v) is 3.85. The molecule has 5 heteroatoms. The van der Waals surface area contributed by atoms with E-state index in [9.17, 15) is 15.0 Å². The number of aliphatic hydroxyl groups is 2. The molecule has 0 bridgehead atoms. The van der Waals surface area contributed by atoms with Crippen molar-refractivity contribution in [1.82, 2.24) is 0 Å². The Kier molecular flexibility index (Phi) is 4.52. The highest BCUT2D eigenvalue weighted by molar-refractivity contribution is 7.17. The number of aliphatic hydroxyl groups excluding tert-OH is 2. The van der Waals surface area contributed by atoms with Crippen molar-refractivity contribution in [2.45, 2.75) is 25.6 Å². The van der Waals surface area contributed by atoms with Gasteiger partial charge in [0.15, 0.2) is 0 Å². The first-order chi connectivity index (χ1) is 9.13. The van der Waals surface area contributed by atoms with Gasteiger partial charge < -0.3 is 14.9 Å². The molecule has 2 atom stereocenters. The Labute approximate surface area is 115 Å². The number of thiophene rings is 1. The fraction of sp³-hybridized carbons (Fsp3) is 0.357. The SMILES string of the molecule is CCOC(=O)CC(O)C(O)c1cccc2ccsc12. The molecule has 0 aliphatic rings. The van der Waals surface area contributed by atoms with Crippen LogP contribution in [0, 0.1) is 0 Å². The fourth-order valence-corrected chi connectivity index (χ4v) is 2.91. The van der Waals surface area contributed by atoms with Gasteiger partial charge in [-0.3, -0.25) is 4.79 Å². The van der Waals surface area contributed by atoms with E-state index in [-0.39, 0.29) is 13.0 Å². The highest BCUT2D eigenvalue weighted by atomic mass is 32.1. The smallest absolute Gasteiger partial charge is 0.308 e. The van der Waals surface area contributed by atoms with Gasteiger partial charge in [0.25, 0.3) is 0 Å². The van der Waals surface area contributed by atoms with Crippen molar-refractivity contribution in [1.29, 1.82) is 0 Å². The molecule has 0 saturated heterocycles. The zero-order valence-corrected chi connectivity index (χ0v) is 11.4. The number of esters is 1. The second-order valence-corrected chi connectivity index (χ2v) is 5.12. The molecule has 0 spiro atoms. The Morgan fingerprint density at radius 3 is 2.89 bits per heavy atom. The van der Waals surface area contributed by atoms with E-state index in [1.807, 2.05) is 23.6 Å². The summed E-state index contributed by atoms with van der Waals surface area (Å²) in [6.45, 7) is 1.97. The van der Waals surface area contributed by atoms with Gasteiger partial charge in [0, 0.05) is 10.3 Å². The van der Waals surface area contributed by atoms with Gasteiger partial charge >= 0.3 is 5.97 Å². The molecule has 19 heavy (non-hydrogen) atoms.